The van der Waals surface area contributed by atoms with Crippen molar-refractivity contribution in [1.82, 2.24) is 15.4 Å². The van der Waals surface area contributed by atoms with Gasteiger partial charge in [-0.15, -0.1) is 0 Å². The highest BCUT2D eigenvalue weighted by molar-refractivity contribution is 5.92. The highest BCUT2D eigenvalue weighted by atomic mass is 16.5. The Balaban J connectivity index is 1.56. The molecule has 3 rings (SSSR count). The predicted octanol–water partition coefficient (Wildman–Crippen LogP) is 2.79. The summed E-state index contributed by atoms with van der Waals surface area (Å²) in [7, 11) is 0. The molecule has 122 valence electrons. The van der Waals surface area contributed by atoms with Gasteiger partial charge in [-0.1, -0.05) is 12.1 Å². The summed E-state index contributed by atoms with van der Waals surface area (Å²) >= 11 is 0. The van der Waals surface area contributed by atoms with E-state index in [1.807, 2.05) is 0 Å². The average molecular weight is 305 g/mol. The van der Waals surface area contributed by atoms with Crippen molar-refractivity contribution in [3.63, 3.8) is 0 Å². The molecule has 0 aromatic carbocycles. The van der Waals surface area contributed by atoms with Crippen LogP contribution < -0.4 is 5.32 Å². The van der Waals surface area contributed by atoms with Crippen LogP contribution in [0.25, 0.3) is 0 Å². The van der Waals surface area contributed by atoms with Crippen molar-refractivity contribution in [2.45, 2.75) is 57.9 Å². The molecule has 1 N–H and O–H groups in total. The Labute approximate surface area is 132 Å². The molecule has 2 heterocycles. The number of hydrogen-bond donors (Lipinski definition) is 1. The molecular formula is C17H27N3O2. The first-order chi connectivity index (χ1) is 10.4. The van der Waals surface area contributed by atoms with Crippen LogP contribution >= 0.6 is 0 Å². The molecular weight excluding hydrogens is 278 g/mol. The van der Waals surface area contributed by atoms with Gasteiger partial charge in [-0.25, -0.2) is 0 Å². The van der Waals surface area contributed by atoms with Crippen LogP contribution in [0, 0.1) is 5.92 Å². The number of piperidine rings is 1. The number of rotatable bonds is 5. The molecule has 0 bridgehead atoms. The van der Waals surface area contributed by atoms with Gasteiger partial charge in [-0.05, 0) is 52.0 Å². The minimum atomic E-state index is -0.271. The zero-order valence-corrected chi connectivity index (χ0v) is 13.9. The number of aromatic nitrogens is 1. The molecule has 1 aliphatic carbocycles. The first-order valence-electron chi connectivity index (χ1n) is 8.44. The molecule has 0 radical (unpaired) electrons. The van der Waals surface area contributed by atoms with Gasteiger partial charge in [0.15, 0.2) is 5.69 Å². The van der Waals surface area contributed by atoms with Crippen molar-refractivity contribution < 1.29 is 9.32 Å². The summed E-state index contributed by atoms with van der Waals surface area (Å²) in [6, 6.07) is 1.80. The van der Waals surface area contributed by atoms with E-state index in [2.05, 4.69) is 36.1 Å². The van der Waals surface area contributed by atoms with Crippen LogP contribution in [0.15, 0.2) is 10.6 Å². The Morgan fingerprint density at radius 2 is 2.23 bits per heavy atom. The van der Waals surface area contributed by atoms with Crippen LogP contribution in [-0.2, 0) is 0 Å². The van der Waals surface area contributed by atoms with E-state index in [-0.39, 0.29) is 11.4 Å². The van der Waals surface area contributed by atoms with Gasteiger partial charge >= 0.3 is 0 Å². The summed E-state index contributed by atoms with van der Waals surface area (Å²) in [5.41, 5.74) is 0.134. The van der Waals surface area contributed by atoms with Crippen molar-refractivity contribution in [2.75, 3.05) is 19.6 Å². The van der Waals surface area contributed by atoms with Gasteiger partial charge in [0.05, 0.1) is 0 Å². The molecule has 1 aromatic rings. The summed E-state index contributed by atoms with van der Waals surface area (Å²) in [6.45, 7) is 9.57. The molecule has 1 amide bonds. The van der Waals surface area contributed by atoms with Crippen LogP contribution in [0.1, 0.15) is 68.6 Å². The van der Waals surface area contributed by atoms with Gasteiger partial charge in [0, 0.05) is 30.6 Å². The molecule has 1 aliphatic heterocycles. The third kappa shape index (κ3) is 3.88. The van der Waals surface area contributed by atoms with E-state index in [0.29, 0.717) is 11.6 Å². The van der Waals surface area contributed by atoms with E-state index in [1.165, 1.54) is 12.8 Å². The first kappa shape index (κ1) is 15.5. The van der Waals surface area contributed by atoms with E-state index < -0.39 is 0 Å². The van der Waals surface area contributed by atoms with Gasteiger partial charge in [0.1, 0.15) is 5.76 Å². The van der Waals surface area contributed by atoms with Crippen molar-refractivity contribution in [3.05, 3.63) is 17.5 Å². The lowest BCUT2D eigenvalue weighted by atomic mass is 9.97. The summed E-state index contributed by atoms with van der Waals surface area (Å²) in [6.07, 6.45) is 4.86. The molecule has 1 saturated carbocycles. The largest absolute Gasteiger partial charge is 0.360 e. The zero-order valence-electron chi connectivity index (χ0n) is 13.9. The minimum Gasteiger partial charge on any atom is -0.360 e. The summed E-state index contributed by atoms with van der Waals surface area (Å²) in [4.78, 5) is 14.8. The quantitative estimate of drug-likeness (QED) is 0.909. The summed E-state index contributed by atoms with van der Waals surface area (Å²) in [5.74, 6) is 1.95. The molecule has 5 heteroatoms. The fraction of sp³-hybridized carbons (Fsp3) is 0.765. The number of nitrogens with zero attached hydrogens (tertiary/aromatic N) is 2. The maximum absolute atomic E-state index is 12.4. The molecule has 0 unspecified atom stereocenters. The van der Waals surface area contributed by atoms with Crippen LogP contribution in [0.3, 0.4) is 0 Å². The fourth-order valence-corrected chi connectivity index (χ4v) is 3.36. The second-order valence-electron chi connectivity index (χ2n) is 7.71. The molecule has 0 spiro atoms. The fourth-order valence-electron chi connectivity index (χ4n) is 3.36. The zero-order chi connectivity index (χ0) is 15.7. The van der Waals surface area contributed by atoms with Gasteiger partial charge in [-0.3, -0.25) is 4.79 Å². The maximum Gasteiger partial charge on any atom is 0.273 e. The molecule has 1 atom stereocenters. The third-order valence-electron chi connectivity index (χ3n) is 4.55. The maximum atomic E-state index is 12.4. The topological polar surface area (TPSA) is 58.4 Å². The van der Waals surface area contributed by atoms with Crippen LogP contribution in [0.4, 0.5) is 0 Å². The van der Waals surface area contributed by atoms with E-state index in [1.54, 1.807) is 6.07 Å². The minimum absolute atomic E-state index is 0.134. The molecule has 1 saturated heterocycles. The SMILES string of the molecule is C[C@H]1CCCN(CC(C)(C)NC(=O)c2cc(C3CC3)on2)C1. The van der Waals surface area contributed by atoms with Crippen molar-refractivity contribution in [2.24, 2.45) is 5.92 Å². The third-order valence-corrected chi connectivity index (χ3v) is 4.55. The molecule has 5 nitrogen and oxygen atoms in total. The number of carbonyl (C=O) groups is 1. The van der Waals surface area contributed by atoms with Crippen molar-refractivity contribution >= 4 is 5.91 Å². The van der Waals surface area contributed by atoms with Crippen molar-refractivity contribution in [1.29, 1.82) is 0 Å². The summed E-state index contributed by atoms with van der Waals surface area (Å²) in [5, 5.41) is 7.02. The Hall–Kier alpha value is -1.36. The van der Waals surface area contributed by atoms with Crippen LogP contribution in [0.2, 0.25) is 0 Å². The van der Waals surface area contributed by atoms with Gasteiger partial charge in [0.25, 0.3) is 5.91 Å². The lowest BCUT2D eigenvalue weighted by molar-refractivity contribution is 0.0854. The van der Waals surface area contributed by atoms with Gasteiger partial charge < -0.3 is 14.7 Å². The normalized spacial score (nSPS) is 23.5. The lowest BCUT2D eigenvalue weighted by Crippen LogP contribution is -2.53. The van der Waals surface area contributed by atoms with Gasteiger partial charge in [-0.2, -0.15) is 0 Å². The van der Waals surface area contributed by atoms with Crippen LogP contribution in [0.5, 0.6) is 0 Å². The number of nitrogens with one attached hydrogen (secondary N) is 1. The number of hydrogen-bond acceptors (Lipinski definition) is 4. The van der Waals surface area contributed by atoms with Gasteiger partial charge in [0.2, 0.25) is 0 Å². The van der Waals surface area contributed by atoms with Crippen molar-refractivity contribution in [3.8, 4) is 0 Å². The summed E-state index contributed by atoms with van der Waals surface area (Å²) < 4.78 is 5.27. The molecule has 22 heavy (non-hydrogen) atoms. The second-order valence-corrected chi connectivity index (χ2v) is 7.71. The highest BCUT2D eigenvalue weighted by Gasteiger charge is 2.31. The smallest absolute Gasteiger partial charge is 0.273 e. The predicted molar refractivity (Wildman–Crippen MR) is 84.9 cm³/mol. The monoisotopic (exact) mass is 305 g/mol. The first-order valence-corrected chi connectivity index (χ1v) is 8.44. The second kappa shape index (κ2) is 6.03. The molecule has 2 aliphatic rings. The highest BCUT2D eigenvalue weighted by Crippen LogP contribution is 2.40. The average Bonchev–Trinajstić information content (AvgIpc) is 3.15. The standard InChI is InChI=1S/C17H27N3O2/c1-12-5-4-8-20(10-12)11-17(2,3)18-16(21)14-9-15(22-19-14)13-6-7-13/h9,12-13H,4-8,10-11H2,1-3H3,(H,18,21)/t12-/m0/s1. The van der Waals surface area contributed by atoms with E-state index in [0.717, 1.165) is 44.2 Å². The number of carbonyl (C=O) groups excluding carboxylic acids is 1. The van der Waals surface area contributed by atoms with E-state index in [9.17, 15) is 4.79 Å². The van der Waals surface area contributed by atoms with Crippen LogP contribution in [-0.4, -0.2) is 41.1 Å². The number of amides is 1. The Morgan fingerprint density at radius 3 is 2.91 bits per heavy atom. The Morgan fingerprint density at radius 1 is 1.45 bits per heavy atom. The Bertz CT molecular complexity index is 534. The van der Waals surface area contributed by atoms with E-state index in [4.69, 9.17) is 4.52 Å². The number of likely N-dealkylation sites (tertiary alicyclic amines) is 1. The lowest BCUT2D eigenvalue weighted by Gasteiger charge is -2.37. The molecule has 1 aromatic heterocycles. The Kier molecular flexibility index (Phi) is 4.26. The molecule has 2 fully saturated rings. The van der Waals surface area contributed by atoms with E-state index >= 15 is 0 Å².